The number of benzene rings is 1. The fourth-order valence-corrected chi connectivity index (χ4v) is 0.964. The van der Waals surface area contributed by atoms with E-state index in [4.69, 9.17) is 5.73 Å². The Bertz CT molecular complexity index is 327. The average Bonchev–Trinajstić information content (AvgIpc) is 2.04. The van der Waals surface area contributed by atoms with Gasteiger partial charge in [0.15, 0.2) is 0 Å². The number of anilines is 1. The van der Waals surface area contributed by atoms with Crippen LogP contribution in [0.5, 0.6) is 0 Å². The van der Waals surface area contributed by atoms with Crippen molar-refractivity contribution in [3.05, 3.63) is 42.1 Å². The largest absolute Gasteiger partial charge is 0.366 e. The average molecular weight is 176 g/mol. The molecule has 0 fully saturated rings. The van der Waals surface area contributed by atoms with Gasteiger partial charge in [-0.25, -0.2) is 0 Å². The number of amides is 1. The second-order valence-corrected chi connectivity index (χ2v) is 2.85. The number of allylic oxidation sites excluding steroid dienone is 1. The quantitative estimate of drug-likeness (QED) is 0.736. The van der Waals surface area contributed by atoms with E-state index in [0.717, 1.165) is 11.4 Å². The monoisotopic (exact) mass is 176 g/mol. The fourth-order valence-electron chi connectivity index (χ4n) is 0.964. The topological polar surface area (TPSA) is 55.1 Å². The summed E-state index contributed by atoms with van der Waals surface area (Å²) in [6.45, 7) is 5.57. The first kappa shape index (κ1) is 9.32. The first-order chi connectivity index (χ1) is 6.09. The molecule has 1 aromatic rings. The van der Waals surface area contributed by atoms with Crippen LogP contribution in [0.3, 0.4) is 0 Å². The van der Waals surface area contributed by atoms with Crippen molar-refractivity contribution < 1.29 is 4.79 Å². The first-order valence-electron chi connectivity index (χ1n) is 3.92. The summed E-state index contributed by atoms with van der Waals surface area (Å²) in [5, 5.41) is 3.02. The molecule has 0 aromatic heterocycles. The van der Waals surface area contributed by atoms with Gasteiger partial charge in [0.05, 0.1) is 0 Å². The first-order valence-corrected chi connectivity index (χ1v) is 3.92. The zero-order valence-corrected chi connectivity index (χ0v) is 7.50. The molecule has 0 unspecified atom stereocenters. The lowest BCUT2D eigenvalue weighted by Gasteiger charge is -2.04. The van der Waals surface area contributed by atoms with Crippen LogP contribution < -0.4 is 11.1 Å². The predicted octanol–water partition coefficient (Wildman–Crippen LogP) is 1.73. The van der Waals surface area contributed by atoms with Crippen molar-refractivity contribution in [1.29, 1.82) is 0 Å². The van der Waals surface area contributed by atoms with E-state index in [1.807, 2.05) is 6.92 Å². The van der Waals surface area contributed by atoms with Crippen molar-refractivity contribution in [3.63, 3.8) is 0 Å². The van der Waals surface area contributed by atoms with Crippen LogP contribution in [-0.2, 0) is 0 Å². The fraction of sp³-hybridized carbons (Fsp3) is 0.100. The minimum absolute atomic E-state index is 0.415. The van der Waals surface area contributed by atoms with Crippen LogP contribution in [0, 0.1) is 0 Å². The summed E-state index contributed by atoms with van der Waals surface area (Å²) in [5.41, 5.74) is 7.35. The molecule has 0 aliphatic heterocycles. The molecule has 0 radical (unpaired) electrons. The van der Waals surface area contributed by atoms with Crippen LogP contribution in [-0.4, -0.2) is 5.91 Å². The smallest absolute Gasteiger partial charge is 0.248 e. The minimum Gasteiger partial charge on any atom is -0.366 e. The van der Waals surface area contributed by atoms with Crippen LogP contribution >= 0.6 is 0 Å². The molecule has 0 saturated carbocycles. The summed E-state index contributed by atoms with van der Waals surface area (Å²) in [7, 11) is 0. The molecule has 3 nitrogen and oxygen atoms in total. The highest BCUT2D eigenvalue weighted by Gasteiger charge is 1.98. The van der Waals surface area contributed by atoms with E-state index in [2.05, 4.69) is 11.9 Å². The maximum absolute atomic E-state index is 10.7. The van der Waals surface area contributed by atoms with Gasteiger partial charge < -0.3 is 11.1 Å². The number of carbonyl (C=O) groups excluding carboxylic acids is 1. The number of primary amides is 1. The SMILES string of the molecule is C=C(C)Nc1ccc(C(N)=O)cc1. The van der Waals surface area contributed by atoms with E-state index in [0.29, 0.717) is 5.56 Å². The molecule has 0 atom stereocenters. The molecule has 0 heterocycles. The molecule has 68 valence electrons. The second-order valence-electron chi connectivity index (χ2n) is 2.85. The van der Waals surface area contributed by atoms with Gasteiger partial charge in [-0.1, -0.05) is 6.58 Å². The molecule has 0 saturated heterocycles. The summed E-state index contributed by atoms with van der Waals surface area (Å²) < 4.78 is 0. The molecule has 3 N–H and O–H groups in total. The predicted molar refractivity (Wildman–Crippen MR) is 53.4 cm³/mol. The van der Waals surface area contributed by atoms with Crippen LogP contribution in [0.15, 0.2) is 36.5 Å². The standard InChI is InChI=1S/C10H12N2O/c1-7(2)12-9-5-3-8(4-6-9)10(11)13/h3-6,12H,1H2,2H3,(H2,11,13). The Morgan fingerprint density at radius 2 is 1.92 bits per heavy atom. The second kappa shape index (κ2) is 3.76. The summed E-state index contributed by atoms with van der Waals surface area (Å²) in [6.07, 6.45) is 0. The van der Waals surface area contributed by atoms with Gasteiger partial charge in [0.1, 0.15) is 0 Å². The van der Waals surface area contributed by atoms with Gasteiger partial charge in [-0.15, -0.1) is 0 Å². The van der Waals surface area contributed by atoms with E-state index in [-0.39, 0.29) is 0 Å². The summed E-state index contributed by atoms with van der Waals surface area (Å²) >= 11 is 0. The van der Waals surface area contributed by atoms with Gasteiger partial charge in [0.25, 0.3) is 0 Å². The Kier molecular flexibility index (Phi) is 2.69. The molecule has 3 heteroatoms. The highest BCUT2D eigenvalue weighted by molar-refractivity contribution is 5.93. The molecular weight excluding hydrogens is 164 g/mol. The van der Waals surface area contributed by atoms with Gasteiger partial charge in [-0.2, -0.15) is 0 Å². The minimum atomic E-state index is -0.415. The highest BCUT2D eigenvalue weighted by Crippen LogP contribution is 2.10. The van der Waals surface area contributed by atoms with Gasteiger partial charge in [0.2, 0.25) is 5.91 Å². The lowest BCUT2D eigenvalue weighted by molar-refractivity contribution is 0.100. The Morgan fingerprint density at radius 1 is 1.38 bits per heavy atom. The van der Waals surface area contributed by atoms with Crippen molar-refractivity contribution in [3.8, 4) is 0 Å². The lowest BCUT2D eigenvalue weighted by Crippen LogP contribution is -2.10. The zero-order chi connectivity index (χ0) is 9.84. The van der Waals surface area contributed by atoms with Crippen LogP contribution in [0.25, 0.3) is 0 Å². The molecular formula is C10H12N2O. The molecule has 1 amide bonds. The van der Waals surface area contributed by atoms with E-state index >= 15 is 0 Å². The maximum atomic E-state index is 10.7. The number of hydrogen-bond acceptors (Lipinski definition) is 2. The Hall–Kier alpha value is -1.77. The van der Waals surface area contributed by atoms with Crippen molar-refractivity contribution in [2.45, 2.75) is 6.92 Å². The maximum Gasteiger partial charge on any atom is 0.248 e. The van der Waals surface area contributed by atoms with Gasteiger partial charge >= 0.3 is 0 Å². The third-order valence-electron chi connectivity index (χ3n) is 1.53. The van der Waals surface area contributed by atoms with E-state index in [1.54, 1.807) is 24.3 Å². The third kappa shape index (κ3) is 2.63. The zero-order valence-electron chi connectivity index (χ0n) is 7.50. The van der Waals surface area contributed by atoms with Crippen LogP contribution in [0.2, 0.25) is 0 Å². The van der Waals surface area contributed by atoms with Gasteiger partial charge in [-0.3, -0.25) is 4.79 Å². The summed E-state index contributed by atoms with van der Waals surface area (Å²) in [4.78, 5) is 10.7. The summed E-state index contributed by atoms with van der Waals surface area (Å²) in [5.74, 6) is -0.415. The Balaban J connectivity index is 2.81. The molecule has 13 heavy (non-hydrogen) atoms. The Morgan fingerprint density at radius 3 is 2.31 bits per heavy atom. The van der Waals surface area contributed by atoms with Crippen molar-refractivity contribution in [1.82, 2.24) is 0 Å². The number of rotatable bonds is 3. The molecule has 0 aliphatic rings. The lowest BCUT2D eigenvalue weighted by atomic mass is 10.2. The summed E-state index contributed by atoms with van der Waals surface area (Å²) in [6, 6.07) is 6.92. The van der Waals surface area contributed by atoms with Crippen molar-refractivity contribution in [2.75, 3.05) is 5.32 Å². The van der Waals surface area contributed by atoms with Crippen molar-refractivity contribution >= 4 is 11.6 Å². The third-order valence-corrected chi connectivity index (χ3v) is 1.53. The van der Waals surface area contributed by atoms with E-state index < -0.39 is 5.91 Å². The number of nitrogens with two attached hydrogens (primary N) is 1. The van der Waals surface area contributed by atoms with E-state index in [1.165, 1.54) is 0 Å². The van der Waals surface area contributed by atoms with Gasteiger partial charge in [0, 0.05) is 16.9 Å². The van der Waals surface area contributed by atoms with Crippen LogP contribution in [0.1, 0.15) is 17.3 Å². The van der Waals surface area contributed by atoms with Gasteiger partial charge in [-0.05, 0) is 31.2 Å². The molecule has 0 aliphatic carbocycles. The molecule has 0 spiro atoms. The number of nitrogens with one attached hydrogen (secondary N) is 1. The van der Waals surface area contributed by atoms with Crippen molar-refractivity contribution in [2.24, 2.45) is 5.73 Å². The Labute approximate surface area is 77.3 Å². The highest BCUT2D eigenvalue weighted by atomic mass is 16.1. The molecule has 0 bridgehead atoms. The normalized spacial score (nSPS) is 9.31. The van der Waals surface area contributed by atoms with E-state index in [9.17, 15) is 4.79 Å². The molecule has 1 rings (SSSR count). The molecule has 1 aromatic carbocycles. The number of carbonyl (C=O) groups is 1. The number of hydrogen-bond donors (Lipinski definition) is 2. The van der Waals surface area contributed by atoms with Crippen LogP contribution in [0.4, 0.5) is 5.69 Å².